The standard InChI is InChI=1S/C21H20BrN3O4S/c1-29-19-8-7-18(22)14-16(19)6-9-21(26)24-10-12-25(13-11-24)30(27,28)20-5-3-2-4-17(20)15-23/h2-9,14H,10-13H2,1H3/b9-6+. The van der Waals surface area contributed by atoms with Crippen LogP contribution >= 0.6 is 15.9 Å². The Bertz CT molecular complexity index is 1120. The normalized spacial score (nSPS) is 15.2. The van der Waals surface area contributed by atoms with Gasteiger partial charge in [0.25, 0.3) is 0 Å². The molecule has 7 nitrogen and oxygen atoms in total. The van der Waals surface area contributed by atoms with Crippen LogP contribution in [0.25, 0.3) is 6.08 Å². The number of benzene rings is 2. The van der Waals surface area contributed by atoms with Crippen LogP contribution in [-0.2, 0) is 14.8 Å². The van der Waals surface area contributed by atoms with Crippen LogP contribution in [0.5, 0.6) is 5.75 Å². The van der Waals surface area contributed by atoms with Crippen LogP contribution in [0.1, 0.15) is 11.1 Å². The summed E-state index contributed by atoms with van der Waals surface area (Å²) in [6.07, 6.45) is 3.14. The first-order valence-electron chi connectivity index (χ1n) is 9.16. The highest BCUT2D eigenvalue weighted by atomic mass is 79.9. The lowest BCUT2D eigenvalue weighted by Crippen LogP contribution is -2.50. The van der Waals surface area contributed by atoms with Crippen LogP contribution < -0.4 is 4.74 Å². The average molecular weight is 490 g/mol. The van der Waals surface area contributed by atoms with E-state index in [0.29, 0.717) is 5.75 Å². The van der Waals surface area contributed by atoms with E-state index >= 15 is 0 Å². The number of methoxy groups -OCH3 is 1. The van der Waals surface area contributed by atoms with E-state index in [0.717, 1.165) is 10.0 Å². The van der Waals surface area contributed by atoms with Crippen molar-refractivity contribution < 1.29 is 17.9 Å². The number of carbonyl (C=O) groups excluding carboxylic acids is 1. The third kappa shape index (κ3) is 4.73. The van der Waals surface area contributed by atoms with Gasteiger partial charge in [-0.2, -0.15) is 9.57 Å². The monoisotopic (exact) mass is 489 g/mol. The summed E-state index contributed by atoms with van der Waals surface area (Å²) >= 11 is 3.40. The SMILES string of the molecule is COc1ccc(Br)cc1/C=C/C(=O)N1CCN(S(=O)(=O)c2ccccc2C#N)CC1. The molecule has 9 heteroatoms. The molecule has 0 atom stereocenters. The molecule has 0 N–H and O–H groups in total. The zero-order chi connectivity index (χ0) is 21.7. The van der Waals surface area contributed by atoms with E-state index in [1.165, 1.54) is 22.5 Å². The quantitative estimate of drug-likeness (QED) is 0.602. The Labute approximate surface area is 184 Å². The smallest absolute Gasteiger partial charge is 0.246 e. The molecule has 30 heavy (non-hydrogen) atoms. The fraction of sp³-hybridized carbons (Fsp3) is 0.238. The summed E-state index contributed by atoms with van der Waals surface area (Å²) in [5.41, 5.74) is 0.872. The number of hydrogen-bond donors (Lipinski definition) is 0. The van der Waals surface area contributed by atoms with Crippen molar-refractivity contribution in [3.05, 3.63) is 64.1 Å². The molecule has 0 aromatic heterocycles. The maximum atomic E-state index is 12.9. The van der Waals surface area contributed by atoms with Crippen molar-refractivity contribution in [3.63, 3.8) is 0 Å². The molecule has 0 radical (unpaired) electrons. The van der Waals surface area contributed by atoms with Gasteiger partial charge in [-0.1, -0.05) is 28.1 Å². The Kier molecular flexibility index (Phi) is 6.92. The van der Waals surface area contributed by atoms with E-state index in [1.54, 1.807) is 36.3 Å². The van der Waals surface area contributed by atoms with Crippen molar-refractivity contribution in [3.8, 4) is 11.8 Å². The molecule has 0 spiro atoms. The number of amides is 1. The number of nitriles is 1. The second kappa shape index (κ2) is 9.43. The number of sulfonamides is 1. The van der Waals surface area contributed by atoms with E-state index in [2.05, 4.69) is 15.9 Å². The number of hydrogen-bond acceptors (Lipinski definition) is 5. The zero-order valence-electron chi connectivity index (χ0n) is 16.3. The molecule has 2 aromatic carbocycles. The molecule has 1 saturated heterocycles. The summed E-state index contributed by atoms with van der Waals surface area (Å²) in [6, 6.07) is 13.5. The summed E-state index contributed by atoms with van der Waals surface area (Å²) in [5, 5.41) is 9.20. The van der Waals surface area contributed by atoms with Gasteiger partial charge in [-0.25, -0.2) is 8.42 Å². The molecule has 156 valence electrons. The third-order valence-corrected chi connectivity index (χ3v) is 7.22. The van der Waals surface area contributed by atoms with E-state index in [1.807, 2.05) is 18.2 Å². The van der Waals surface area contributed by atoms with Gasteiger partial charge in [-0.15, -0.1) is 0 Å². The second-order valence-corrected chi connectivity index (χ2v) is 9.38. The van der Waals surface area contributed by atoms with Gasteiger partial charge in [-0.3, -0.25) is 4.79 Å². The van der Waals surface area contributed by atoms with Gasteiger partial charge in [0, 0.05) is 42.3 Å². The maximum Gasteiger partial charge on any atom is 0.246 e. The highest BCUT2D eigenvalue weighted by Crippen LogP contribution is 2.24. The second-order valence-electron chi connectivity index (χ2n) is 6.56. The summed E-state index contributed by atoms with van der Waals surface area (Å²) < 4.78 is 33.3. The Morgan fingerprint density at radius 3 is 2.53 bits per heavy atom. The average Bonchev–Trinajstić information content (AvgIpc) is 2.77. The van der Waals surface area contributed by atoms with Gasteiger partial charge in [0.05, 0.1) is 17.6 Å². The summed E-state index contributed by atoms with van der Waals surface area (Å²) in [7, 11) is -2.23. The molecular formula is C21H20BrN3O4S. The van der Waals surface area contributed by atoms with Crippen LogP contribution in [0.2, 0.25) is 0 Å². The number of rotatable bonds is 5. The minimum absolute atomic E-state index is 0.00563. The van der Waals surface area contributed by atoms with Gasteiger partial charge in [0.15, 0.2) is 0 Å². The van der Waals surface area contributed by atoms with Crippen LogP contribution in [0.15, 0.2) is 57.9 Å². The molecule has 1 amide bonds. The van der Waals surface area contributed by atoms with Crippen LogP contribution in [0.4, 0.5) is 0 Å². The number of halogens is 1. The van der Waals surface area contributed by atoms with Crippen molar-refractivity contribution in [2.24, 2.45) is 0 Å². The molecule has 2 aromatic rings. The zero-order valence-corrected chi connectivity index (χ0v) is 18.7. The Hall–Kier alpha value is -2.67. The van der Waals surface area contributed by atoms with Crippen LogP contribution in [0.3, 0.4) is 0 Å². The Balaban J connectivity index is 1.68. The van der Waals surface area contributed by atoms with Gasteiger partial charge >= 0.3 is 0 Å². The topological polar surface area (TPSA) is 90.7 Å². The number of piperazine rings is 1. The van der Waals surface area contributed by atoms with Gasteiger partial charge < -0.3 is 9.64 Å². The van der Waals surface area contributed by atoms with Crippen molar-refractivity contribution in [1.82, 2.24) is 9.21 Å². The summed E-state index contributed by atoms with van der Waals surface area (Å²) in [4.78, 5) is 14.2. The molecule has 1 aliphatic heterocycles. The molecule has 3 rings (SSSR count). The van der Waals surface area contributed by atoms with Gasteiger partial charge in [-0.05, 0) is 36.4 Å². The third-order valence-electron chi connectivity index (χ3n) is 4.77. The van der Waals surface area contributed by atoms with Crippen molar-refractivity contribution in [2.75, 3.05) is 33.3 Å². The van der Waals surface area contributed by atoms with E-state index in [4.69, 9.17) is 4.74 Å². The minimum atomic E-state index is -3.79. The number of nitrogens with zero attached hydrogens (tertiary/aromatic N) is 3. The van der Waals surface area contributed by atoms with Crippen LogP contribution in [0, 0.1) is 11.3 Å². The number of ether oxygens (including phenoxy) is 1. The molecule has 1 heterocycles. The molecular weight excluding hydrogens is 470 g/mol. The molecule has 1 aliphatic rings. The fourth-order valence-electron chi connectivity index (χ4n) is 3.17. The minimum Gasteiger partial charge on any atom is -0.496 e. The molecule has 0 saturated carbocycles. The fourth-order valence-corrected chi connectivity index (χ4v) is 5.12. The first kappa shape index (κ1) is 22.0. The van der Waals surface area contributed by atoms with Gasteiger partial charge in [0.1, 0.15) is 11.8 Å². The lowest BCUT2D eigenvalue weighted by molar-refractivity contribution is -0.127. The van der Waals surface area contributed by atoms with Crippen molar-refractivity contribution >= 4 is 37.9 Å². The van der Waals surface area contributed by atoms with E-state index in [-0.39, 0.29) is 42.5 Å². The lowest BCUT2D eigenvalue weighted by atomic mass is 10.2. The Morgan fingerprint density at radius 1 is 1.17 bits per heavy atom. The number of carbonyl (C=O) groups is 1. The lowest BCUT2D eigenvalue weighted by Gasteiger charge is -2.33. The van der Waals surface area contributed by atoms with E-state index in [9.17, 15) is 18.5 Å². The maximum absolute atomic E-state index is 12.9. The summed E-state index contributed by atoms with van der Waals surface area (Å²) in [6.45, 7) is 0.878. The molecule has 0 unspecified atom stereocenters. The van der Waals surface area contributed by atoms with Crippen molar-refractivity contribution in [2.45, 2.75) is 4.90 Å². The van der Waals surface area contributed by atoms with Crippen molar-refractivity contribution in [1.29, 1.82) is 5.26 Å². The van der Waals surface area contributed by atoms with Crippen LogP contribution in [-0.4, -0.2) is 56.8 Å². The highest BCUT2D eigenvalue weighted by Gasteiger charge is 2.31. The van der Waals surface area contributed by atoms with E-state index < -0.39 is 10.0 Å². The predicted molar refractivity (Wildman–Crippen MR) is 116 cm³/mol. The molecule has 1 fully saturated rings. The first-order valence-corrected chi connectivity index (χ1v) is 11.4. The highest BCUT2D eigenvalue weighted by molar-refractivity contribution is 9.10. The largest absolute Gasteiger partial charge is 0.496 e. The Morgan fingerprint density at radius 2 is 1.87 bits per heavy atom. The molecule has 0 bridgehead atoms. The summed E-state index contributed by atoms with van der Waals surface area (Å²) in [5.74, 6) is 0.445. The van der Waals surface area contributed by atoms with Gasteiger partial charge in [0.2, 0.25) is 15.9 Å². The molecule has 0 aliphatic carbocycles. The first-order chi connectivity index (χ1) is 14.4. The predicted octanol–water partition coefficient (Wildman–Crippen LogP) is 2.88.